The van der Waals surface area contributed by atoms with Gasteiger partial charge in [-0.2, -0.15) is 8.42 Å². The van der Waals surface area contributed by atoms with Crippen LogP contribution in [0.1, 0.15) is 120 Å². The van der Waals surface area contributed by atoms with Crippen molar-refractivity contribution < 1.29 is 91.2 Å². The van der Waals surface area contributed by atoms with Crippen LogP contribution < -0.4 is 41.4 Å². The van der Waals surface area contributed by atoms with Crippen molar-refractivity contribution in [3.05, 3.63) is 53.0 Å². The number of nitrogens with zero attached hydrogens (tertiary/aromatic N) is 5. The summed E-state index contributed by atoms with van der Waals surface area (Å²) in [6.07, 6.45) is -1.97. The van der Waals surface area contributed by atoms with Gasteiger partial charge in [-0.3, -0.25) is 38.1 Å². The molecule has 2 saturated carbocycles. The van der Waals surface area contributed by atoms with E-state index in [2.05, 4.69) is 70.1 Å². The van der Waals surface area contributed by atoms with E-state index in [1.54, 1.807) is 11.3 Å². The van der Waals surface area contributed by atoms with Gasteiger partial charge in [-0.1, -0.05) is 43.6 Å². The minimum absolute atomic E-state index is 0.00178. The third kappa shape index (κ3) is 17.3. The molecule has 15 N–H and O–H groups in total. The summed E-state index contributed by atoms with van der Waals surface area (Å²) in [5.41, 5.74) is 7.38. The van der Waals surface area contributed by atoms with Gasteiger partial charge < -0.3 is 91.7 Å². The Morgan fingerprint density at radius 3 is 2.11 bits per heavy atom. The van der Waals surface area contributed by atoms with Gasteiger partial charge in [0.2, 0.25) is 41.4 Å². The van der Waals surface area contributed by atoms with Crippen molar-refractivity contribution in [1.29, 1.82) is 0 Å². The first kappa shape index (κ1) is 71.6. The van der Waals surface area contributed by atoms with Crippen LogP contribution in [0, 0.1) is 17.8 Å². The number of aliphatic hydroxyl groups is 6. The molecule has 9 rings (SSSR count). The summed E-state index contributed by atoms with van der Waals surface area (Å²) in [6, 6.07) is 0.270. The quantitative estimate of drug-likeness (QED) is 0.0692. The highest BCUT2D eigenvalue weighted by Crippen LogP contribution is 2.43. The van der Waals surface area contributed by atoms with Gasteiger partial charge in [0, 0.05) is 75.8 Å². The van der Waals surface area contributed by atoms with E-state index in [-0.39, 0.29) is 36.1 Å². The van der Waals surface area contributed by atoms with Crippen molar-refractivity contribution in [3.8, 4) is 22.1 Å². The first-order chi connectivity index (χ1) is 44.6. The van der Waals surface area contributed by atoms with E-state index in [1.165, 1.54) is 46.0 Å². The molecule has 0 unspecified atom stereocenters. The first-order valence-corrected chi connectivity index (χ1v) is 34.4. The van der Waals surface area contributed by atoms with E-state index < -0.39 is 181 Å². The number of aromatic hydroxyl groups is 1. The minimum atomic E-state index is -5.22. The molecule has 94 heavy (non-hydrogen) atoms. The minimum Gasteiger partial charge on any atom is -0.504 e. The van der Waals surface area contributed by atoms with Gasteiger partial charge in [-0.15, -0.1) is 10.2 Å². The molecule has 5 heterocycles. The van der Waals surface area contributed by atoms with Gasteiger partial charge in [0.1, 0.15) is 40.2 Å². The van der Waals surface area contributed by atoms with Crippen molar-refractivity contribution in [1.82, 2.24) is 46.6 Å². The summed E-state index contributed by atoms with van der Waals surface area (Å²) in [6.45, 7) is 3.25. The van der Waals surface area contributed by atoms with Crippen molar-refractivity contribution in [2.45, 2.75) is 195 Å². The monoisotopic (exact) mass is 1360 g/mol. The molecule has 0 radical (unpaired) electrons. The smallest absolute Gasteiger partial charge is 0.446 e. The van der Waals surface area contributed by atoms with Gasteiger partial charge >= 0.3 is 10.4 Å². The van der Waals surface area contributed by atoms with Crippen LogP contribution >= 0.6 is 11.3 Å². The van der Waals surface area contributed by atoms with E-state index in [0.29, 0.717) is 18.8 Å². The zero-order chi connectivity index (χ0) is 67.9. The Balaban J connectivity index is 0.918. The first-order valence-electron chi connectivity index (χ1n) is 32.2. The normalized spacial score (nSPS) is 30.0. The summed E-state index contributed by atoms with van der Waals surface area (Å²) < 4.78 is 43.1. The van der Waals surface area contributed by atoms with Gasteiger partial charge in [0.05, 0.1) is 54.7 Å². The molecule has 4 saturated heterocycles. The summed E-state index contributed by atoms with van der Waals surface area (Å²) >= 11 is 1.55. The topological polar surface area (TPSA) is 456 Å². The molecule has 4 aliphatic heterocycles. The van der Waals surface area contributed by atoms with Crippen LogP contribution in [0.15, 0.2) is 42.5 Å². The summed E-state index contributed by atoms with van der Waals surface area (Å²) in [5, 5.41) is 103. The third-order valence-electron chi connectivity index (χ3n) is 19.6. The number of β-amino-alcohol motifs (C(OH)–C–C–N with tert-alkyl or cyclic N) is 1. The molecule has 1 aromatic heterocycles. The number of piperidine rings is 1. The number of ether oxygens (including phenoxy) is 1. The molecule has 13 atom stereocenters. The zero-order valence-corrected chi connectivity index (χ0v) is 54.5. The molecule has 30 nitrogen and oxygen atoms in total. The van der Waals surface area contributed by atoms with E-state index in [1.807, 2.05) is 7.11 Å². The number of fused-ring (bicyclic) bond motifs is 2. The summed E-state index contributed by atoms with van der Waals surface area (Å²) in [4.78, 5) is 104. The fraction of sp³-hybridized carbons (Fsp3) is 0.661. The van der Waals surface area contributed by atoms with Crippen molar-refractivity contribution >= 4 is 68.8 Å². The number of anilines is 1. The van der Waals surface area contributed by atoms with E-state index in [0.717, 1.165) is 88.0 Å². The average Bonchev–Trinajstić information content (AvgIpc) is 1.47. The Bertz CT molecular complexity index is 3290. The average molecular weight is 1360 g/mol. The fourth-order valence-electron chi connectivity index (χ4n) is 14.3. The Kier molecular flexibility index (Phi) is 23.6. The van der Waals surface area contributed by atoms with Crippen LogP contribution in [0.25, 0.3) is 10.6 Å². The number of primary amides is 1. The van der Waals surface area contributed by atoms with Gasteiger partial charge in [-0.05, 0) is 125 Å². The highest BCUT2D eigenvalue weighted by molar-refractivity contribution is 7.81. The molecule has 0 spiro atoms. The predicted molar refractivity (Wildman–Crippen MR) is 337 cm³/mol. The second kappa shape index (κ2) is 31.0. The number of phenolic OH excluding ortho intramolecular Hbond substituents is 1. The number of carbonyl (C=O) groups excluding carboxylic acids is 7. The molecule has 6 aliphatic rings. The highest BCUT2D eigenvalue weighted by atomic mass is 32.3. The van der Waals surface area contributed by atoms with Gasteiger partial charge in [0.25, 0.3) is 0 Å². The lowest BCUT2D eigenvalue weighted by Crippen LogP contribution is -2.64. The maximum Gasteiger partial charge on any atom is 0.446 e. The molecule has 6 fully saturated rings. The van der Waals surface area contributed by atoms with Gasteiger partial charge in [-0.25, -0.2) is 0 Å². The van der Waals surface area contributed by atoms with E-state index in [4.69, 9.17) is 10.5 Å². The number of hydrogen-bond donors (Lipinski definition) is 14. The van der Waals surface area contributed by atoms with Crippen LogP contribution in [0.3, 0.4) is 0 Å². The lowest BCUT2D eigenvalue weighted by Gasteiger charge is -2.47. The van der Waals surface area contributed by atoms with Crippen LogP contribution in [-0.4, -0.2) is 235 Å². The number of aliphatic hydroxyl groups excluding tert-OH is 6. The number of hydrogen-bond acceptors (Lipinski definition) is 23. The lowest BCUT2D eigenvalue weighted by molar-refractivity contribution is -0.147. The second-order valence-corrected chi connectivity index (χ2v) is 28.2. The van der Waals surface area contributed by atoms with Crippen LogP contribution in [-0.2, 0) is 55.1 Å². The number of carbonyl (C=O) groups is 7. The number of phenols is 1. The number of amides is 7. The third-order valence-corrected chi connectivity index (χ3v) is 21.2. The molecule has 2 aromatic carbocycles. The van der Waals surface area contributed by atoms with E-state index in [9.17, 15) is 82.3 Å². The van der Waals surface area contributed by atoms with E-state index >= 15 is 0 Å². The van der Waals surface area contributed by atoms with Crippen LogP contribution in [0.4, 0.5) is 5.69 Å². The predicted octanol–water partition coefficient (Wildman–Crippen LogP) is -1.38. The van der Waals surface area contributed by atoms with Crippen molar-refractivity contribution in [2.24, 2.45) is 23.5 Å². The Labute approximate surface area is 548 Å². The Hall–Kier alpha value is -6.72. The number of rotatable bonds is 17. The number of methoxy groups -OCH3 is 1. The molecular weight excluding hydrogens is 1270 g/mol. The van der Waals surface area contributed by atoms with Crippen molar-refractivity contribution in [2.75, 3.05) is 51.3 Å². The molecule has 32 heteroatoms. The van der Waals surface area contributed by atoms with Crippen LogP contribution in [0.2, 0.25) is 0 Å². The highest BCUT2D eigenvalue weighted by Gasteiger charge is 2.50. The second-order valence-electron chi connectivity index (χ2n) is 26.2. The number of nitrogens with one attached hydrogen (secondary N) is 5. The largest absolute Gasteiger partial charge is 0.504 e. The number of benzene rings is 2. The molecule has 7 amide bonds. The summed E-state index contributed by atoms with van der Waals surface area (Å²) in [7, 11) is -3.35. The molecular formula is C62H89N11O19S2. The maximum absolute atomic E-state index is 14.7. The zero-order valence-electron chi connectivity index (χ0n) is 52.8. The standard InChI is InChI=1S/C62H89N11O19S2/c1-32-30-73-52(53(32)81)57(85)65-29-40(75)25-42(64-28-34-9-12-36(13-10-34)58-69-70-59(93-58)37-14-16-39(17-15-37)71-21-19-62(91-3,20-22-71)38-7-5-4-6-8-38)54(82)66-49(33(2)74)60(86)72-31-41(76)26-43(72)55(83)67-50(56(84)68-51(61(73)87)46(79)27-48(63)80)45(78)23-35-11-18-44(77)47(24-35)92-94(88,89)90/h11,14-18,24,32-34,36,38,40-43,45-46,49-53,64,74-79,81H,4-10,12-13,19-23,25-31H2,1-3H3,(H2,63,80)(H,65,85)(H,66,82)(H,67,83)(H,68,84)(H,88,89,90)/t32-,33+,34?,36?,40+,41+,42-,43-,45+,46+,49-,50-,51-,52-,53-/m0/s1. The SMILES string of the molecule is COC1(C2CCCCC2)CCN(c2ccc(-c3nnc(C4CCC(CN[C@H]5C[C@@H](O)CNC(=O)[C@@H]6[C@@H](O)[C@@H](C)CN6C(=O)[C@H]([C@H](O)CC(N)=O)NC(=O)[C@H]([C@H](O)Cc6ccc(O)c(OS(=O)(=O)O)c6)NC(=O)[C@@H]6C[C@@H](O)CN6C(=O)[C@H]([C@@H](C)O)NC5=O)CC4)s3)cc2)CC1. The van der Waals surface area contributed by atoms with Crippen LogP contribution in [0.5, 0.6) is 11.5 Å². The molecule has 0 bridgehead atoms. The molecule has 518 valence electrons. The maximum atomic E-state index is 14.7. The van der Waals surface area contributed by atoms with Gasteiger partial charge in [0.15, 0.2) is 11.5 Å². The van der Waals surface area contributed by atoms with Crippen molar-refractivity contribution in [3.63, 3.8) is 0 Å². The Morgan fingerprint density at radius 2 is 1.46 bits per heavy atom. The summed E-state index contributed by atoms with van der Waals surface area (Å²) in [5.74, 6) is -9.87. The fourth-order valence-corrected chi connectivity index (χ4v) is 15.7. The number of nitrogens with two attached hydrogens (primary N) is 1. The number of aromatic nitrogens is 2. The molecule has 2 aliphatic carbocycles. The lowest BCUT2D eigenvalue weighted by atomic mass is 9.72. The molecule has 3 aromatic rings. The Morgan fingerprint density at radius 1 is 0.798 bits per heavy atom.